The van der Waals surface area contributed by atoms with Crippen LogP contribution < -0.4 is 16.0 Å². The van der Waals surface area contributed by atoms with Crippen LogP contribution >= 0.6 is 22.7 Å². The zero-order chi connectivity index (χ0) is 27.4. The Bertz CT molecular complexity index is 1500. The highest BCUT2D eigenvalue weighted by atomic mass is 32.1. The molecule has 5 N–H and O–H groups in total. The Morgan fingerprint density at radius 1 is 1.03 bits per heavy atom. The predicted molar refractivity (Wildman–Crippen MR) is 132 cm³/mol. The van der Waals surface area contributed by atoms with Crippen LogP contribution in [0.3, 0.4) is 0 Å². The van der Waals surface area contributed by atoms with Gasteiger partial charge in [0.05, 0.1) is 27.0 Å². The molecule has 4 rings (SSSR count). The van der Waals surface area contributed by atoms with Crippen molar-refractivity contribution in [1.82, 2.24) is 26.1 Å². The van der Waals surface area contributed by atoms with Crippen LogP contribution in [0.15, 0.2) is 48.0 Å². The monoisotopic (exact) mass is 565 g/mol. The lowest BCUT2D eigenvalue weighted by Gasteiger charge is -2.15. The average Bonchev–Trinajstić information content (AvgIpc) is 3.64. The molecule has 0 spiro atoms. The van der Waals surface area contributed by atoms with E-state index in [4.69, 9.17) is 0 Å². The van der Waals surface area contributed by atoms with Gasteiger partial charge in [-0.15, -0.1) is 22.7 Å². The zero-order valence-corrected chi connectivity index (χ0v) is 20.7. The SMILES string of the molecule is O=C(NCC(NC(=O)c1sc(C(=O)NCc2cccc3[nH]ncc23)cc1C(F)(F)F)C(=O)O)c1cccs1. The van der Waals surface area contributed by atoms with E-state index in [-0.39, 0.29) is 27.6 Å². The van der Waals surface area contributed by atoms with Gasteiger partial charge in [-0.3, -0.25) is 19.5 Å². The number of aliphatic carboxylic acids is 1. The summed E-state index contributed by atoms with van der Waals surface area (Å²) in [6.45, 7) is -0.584. The van der Waals surface area contributed by atoms with Crippen LogP contribution in [0.5, 0.6) is 0 Å². The third kappa shape index (κ3) is 6.00. The molecular weight excluding hydrogens is 547 g/mol. The first-order valence-corrected chi connectivity index (χ1v) is 12.5. The number of benzene rings is 1. The summed E-state index contributed by atoms with van der Waals surface area (Å²) < 4.78 is 41.1. The van der Waals surface area contributed by atoms with E-state index in [0.717, 1.165) is 16.7 Å². The second kappa shape index (κ2) is 11.0. The largest absolute Gasteiger partial charge is 0.480 e. The number of aromatic nitrogens is 2. The molecule has 0 aliphatic heterocycles. The van der Waals surface area contributed by atoms with Crippen molar-refractivity contribution in [2.75, 3.05) is 6.54 Å². The molecule has 1 atom stereocenters. The van der Waals surface area contributed by atoms with Gasteiger partial charge in [0, 0.05) is 18.5 Å². The number of thiophene rings is 2. The molecule has 10 nitrogen and oxygen atoms in total. The topological polar surface area (TPSA) is 153 Å². The fourth-order valence-electron chi connectivity index (χ4n) is 3.44. The standard InChI is InChI=1S/C23H18F3N5O5S2/c24-23(25,26)13-7-17(20(33)27-8-11-3-1-4-14-12(11)9-29-31-14)38-18(13)21(34)30-15(22(35)36)10-28-19(32)16-5-2-6-37-16/h1-7,9,15H,8,10H2,(H,27,33)(H,28,32)(H,29,31)(H,30,34)(H,35,36). The predicted octanol–water partition coefficient (Wildman–Crippen LogP) is 3.25. The van der Waals surface area contributed by atoms with Crippen molar-refractivity contribution in [3.8, 4) is 0 Å². The van der Waals surface area contributed by atoms with Crippen LogP contribution in [0.4, 0.5) is 13.2 Å². The first-order chi connectivity index (χ1) is 18.0. The second-order valence-corrected chi connectivity index (χ2v) is 9.83. The van der Waals surface area contributed by atoms with Crippen LogP contribution in [-0.4, -0.2) is 51.6 Å². The summed E-state index contributed by atoms with van der Waals surface area (Å²) >= 11 is 1.38. The minimum Gasteiger partial charge on any atom is -0.480 e. The van der Waals surface area contributed by atoms with Crippen LogP contribution in [0.2, 0.25) is 0 Å². The summed E-state index contributed by atoms with van der Waals surface area (Å²) in [7, 11) is 0. The van der Waals surface area contributed by atoms with Crippen molar-refractivity contribution in [3.63, 3.8) is 0 Å². The summed E-state index contributed by atoms with van der Waals surface area (Å²) in [6.07, 6.45) is -3.44. The van der Waals surface area contributed by atoms with E-state index in [2.05, 4.69) is 20.8 Å². The molecule has 38 heavy (non-hydrogen) atoms. The fourth-order valence-corrected chi connectivity index (χ4v) is 5.08. The smallest absolute Gasteiger partial charge is 0.418 e. The number of aromatic amines is 1. The Hall–Kier alpha value is -4.24. The van der Waals surface area contributed by atoms with Gasteiger partial charge in [0.25, 0.3) is 17.7 Å². The van der Waals surface area contributed by atoms with E-state index in [1.807, 2.05) is 5.32 Å². The molecule has 1 unspecified atom stereocenters. The molecule has 3 amide bonds. The summed E-state index contributed by atoms with van der Waals surface area (Å²) in [5, 5.41) is 25.3. The van der Waals surface area contributed by atoms with Gasteiger partial charge < -0.3 is 21.1 Å². The molecule has 0 saturated heterocycles. The molecule has 15 heteroatoms. The van der Waals surface area contributed by atoms with Crippen molar-refractivity contribution < 1.29 is 37.5 Å². The Morgan fingerprint density at radius 3 is 2.47 bits per heavy atom. The van der Waals surface area contributed by atoms with E-state index in [0.29, 0.717) is 17.1 Å². The van der Waals surface area contributed by atoms with Gasteiger partial charge in [0.2, 0.25) is 0 Å². The highest BCUT2D eigenvalue weighted by Gasteiger charge is 2.39. The Morgan fingerprint density at radius 2 is 1.79 bits per heavy atom. The van der Waals surface area contributed by atoms with Crippen LogP contribution in [-0.2, 0) is 17.5 Å². The summed E-state index contributed by atoms with van der Waals surface area (Å²) in [5.74, 6) is -4.36. The number of carboxylic acids is 1. The maximum Gasteiger partial charge on any atom is 0.418 e. The molecular formula is C23H18F3N5O5S2. The molecule has 0 bridgehead atoms. The number of rotatable bonds is 9. The lowest BCUT2D eigenvalue weighted by atomic mass is 10.1. The normalized spacial score (nSPS) is 12.2. The molecule has 1 aromatic carbocycles. The minimum absolute atomic E-state index is 0.0124. The minimum atomic E-state index is -4.99. The molecule has 0 fully saturated rings. The van der Waals surface area contributed by atoms with E-state index in [1.54, 1.807) is 35.8 Å². The summed E-state index contributed by atoms with van der Waals surface area (Å²) in [6, 6.07) is 7.14. The molecule has 198 valence electrons. The quantitative estimate of drug-likeness (QED) is 0.210. The molecule has 0 aliphatic carbocycles. The number of carboxylic acid groups (broad SMARTS) is 1. The number of carbonyl (C=O) groups excluding carboxylic acids is 3. The fraction of sp³-hybridized carbons (Fsp3) is 0.174. The van der Waals surface area contributed by atoms with Gasteiger partial charge in [-0.1, -0.05) is 18.2 Å². The average molecular weight is 566 g/mol. The Labute approximate surface area is 219 Å². The van der Waals surface area contributed by atoms with Gasteiger partial charge in [0.15, 0.2) is 0 Å². The number of hydrogen-bond acceptors (Lipinski definition) is 7. The number of nitrogens with one attached hydrogen (secondary N) is 4. The van der Waals surface area contributed by atoms with E-state index < -0.39 is 52.9 Å². The highest BCUT2D eigenvalue weighted by Crippen LogP contribution is 2.37. The molecule has 0 aliphatic rings. The zero-order valence-electron chi connectivity index (χ0n) is 19.1. The number of hydrogen-bond donors (Lipinski definition) is 5. The van der Waals surface area contributed by atoms with Crippen LogP contribution in [0, 0.1) is 0 Å². The molecule has 3 aromatic heterocycles. The van der Waals surface area contributed by atoms with Crippen molar-refractivity contribution in [2.24, 2.45) is 0 Å². The van der Waals surface area contributed by atoms with Crippen LogP contribution in [0.25, 0.3) is 10.9 Å². The van der Waals surface area contributed by atoms with E-state index >= 15 is 0 Å². The van der Waals surface area contributed by atoms with E-state index in [9.17, 15) is 37.5 Å². The van der Waals surface area contributed by atoms with Gasteiger partial charge in [-0.25, -0.2) is 4.79 Å². The van der Waals surface area contributed by atoms with Gasteiger partial charge in [-0.05, 0) is 29.1 Å². The number of nitrogens with zero attached hydrogens (tertiary/aromatic N) is 1. The third-order valence-corrected chi connectivity index (χ3v) is 7.30. The maximum atomic E-state index is 13.7. The number of fused-ring (bicyclic) bond motifs is 1. The van der Waals surface area contributed by atoms with Crippen molar-refractivity contribution in [2.45, 2.75) is 18.8 Å². The highest BCUT2D eigenvalue weighted by molar-refractivity contribution is 7.16. The Balaban J connectivity index is 1.48. The van der Waals surface area contributed by atoms with E-state index in [1.165, 1.54) is 6.07 Å². The Kier molecular flexibility index (Phi) is 7.78. The van der Waals surface area contributed by atoms with Gasteiger partial charge >= 0.3 is 12.1 Å². The number of H-pyrrole nitrogens is 1. The van der Waals surface area contributed by atoms with Crippen molar-refractivity contribution in [3.05, 3.63) is 73.7 Å². The summed E-state index contributed by atoms with van der Waals surface area (Å²) in [4.78, 5) is 48.1. The first-order valence-electron chi connectivity index (χ1n) is 10.8. The molecule has 0 saturated carbocycles. The second-order valence-electron chi connectivity index (χ2n) is 7.83. The number of carbonyl (C=O) groups is 4. The maximum absolute atomic E-state index is 13.7. The lowest BCUT2D eigenvalue weighted by molar-refractivity contribution is -0.139. The number of amides is 3. The molecule has 3 heterocycles. The van der Waals surface area contributed by atoms with Crippen molar-refractivity contribution in [1.29, 1.82) is 0 Å². The molecule has 0 radical (unpaired) electrons. The lowest BCUT2D eigenvalue weighted by Crippen LogP contribution is -2.48. The number of halogens is 3. The van der Waals surface area contributed by atoms with Gasteiger partial charge in [0.1, 0.15) is 10.9 Å². The van der Waals surface area contributed by atoms with Crippen LogP contribution in [0.1, 0.15) is 40.1 Å². The number of alkyl halides is 3. The van der Waals surface area contributed by atoms with Crippen molar-refractivity contribution >= 4 is 57.3 Å². The van der Waals surface area contributed by atoms with Gasteiger partial charge in [-0.2, -0.15) is 18.3 Å². The third-order valence-electron chi connectivity index (χ3n) is 5.30. The molecule has 4 aromatic rings. The first kappa shape index (κ1) is 26.8. The summed E-state index contributed by atoms with van der Waals surface area (Å²) in [5.41, 5.74) is 0.00339.